The highest BCUT2D eigenvalue weighted by Gasteiger charge is 2.45. The Morgan fingerprint density at radius 3 is 2.06 bits per heavy atom. The molecule has 0 atom stereocenters. The number of anilines is 2. The van der Waals surface area contributed by atoms with E-state index in [0.717, 1.165) is 24.3 Å². The average molecular weight is 271 g/mol. The summed E-state index contributed by atoms with van der Waals surface area (Å²) in [4.78, 5) is 0. The van der Waals surface area contributed by atoms with Crippen LogP contribution in [0.3, 0.4) is 0 Å². The number of sulfonamides is 1. The summed E-state index contributed by atoms with van der Waals surface area (Å²) in [7, 11) is -5.49. The van der Waals surface area contributed by atoms with Crippen LogP contribution < -0.4 is 9.95 Å². The van der Waals surface area contributed by atoms with Crippen molar-refractivity contribution in [3.63, 3.8) is 0 Å². The van der Waals surface area contributed by atoms with Gasteiger partial charge in [-0.2, -0.15) is 21.6 Å². The highest BCUT2D eigenvalue weighted by atomic mass is 32.2. The Kier molecular flexibility index (Phi) is 3.50. The number of rotatable bonds is 3. The van der Waals surface area contributed by atoms with Gasteiger partial charge >= 0.3 is 15.5 Å². The Morgan fingerprint density at radius 2 is 1.71 bits per heavy atom. The lowest BCUT2D eigenvalue weighted by molar-refractivity contribution is -0.0429. The summed E-state index contributed by atoms with van der Waals surface area (Å²) < 4.78 is 58.6. The summed E-state index contributed by atoms with van der Waals surface area (Å²) in [5.74, 6) is 0. The molecule has 10 heteroatoms. The molecule has 0 fully saturated rings. The van der Waals surface area contributed by atoms with E-state index < -0.39 is 20.8 Å². The SMILES string of the molecule is O=S(=O)(Nc1ccc(N([O-])O)cc1)C(F)(F)F. The minimum absolute atomic E-state index is 0.250. The molecule has 1 aromatic rings. The van der Waals surface area contributed by atoms with Gasteiger partial charge in [-0.05, 0) is 24.3 Å². The maximum absolute atomic E-state index is 12.0. The lowest BCUT2D eigenvalue weighted by atomic mass is 10.3. The number of hydrogen-bond donors (Lipinski definition) is 2. The van der Waals surface area contributed by atoms with Crippen LogP contribution in [-0.4, -0.2) is 19.1 Å². The van der Waals surface area contributed by atoms with Crippen LogP contribution in [0, 0.1) is 5.21 Å². The summed E-state index contributed by atoms with van der Waals surface area (Å²) >= 11 is 0. The van der Waals surface area contributed by atoms with Crippen molar-refractivity contribution in [3.8, 4) is 0 Å². The van der Waals surface area contributed by atoms with E-state index in [9.17, 15) is 26.8 Å². The van der Waals surface area contributed by atoms with E-state index in [1.807, 2.05) is 0 Å². The van der Waals surface area contributed by atoms with Crippen molar-refractivity contribution in [2.75, 3.05) is 9.95 Å². The minimum atomic E-state index is -5.49. The summed E-state index contributed by atoms with van der Waals surface area (Å²) in [5, 5.41) is 18.3. The van der Waals surface area contributed by atoms with Gasteiger partial charge in [0.2, 0.25) is 0 Å². The van der Waals surface area contributed by atoms with E-state index in [1.54, 1.807) is 0 Å². The zero-order valence-corrected chi connectivity index (χ0v) is 8.79. The van der Waals surface area contributed by atoms with Crippen LogP contribution in [0.1, 0.15) is 0 Å². The van der Waals surface area contributed by atoms with Gasteiger partial charge in [0.05, 0.1) is 5.69 Å². The second-order valence-corrected chi connectivity index (χ2v) is 4.54. The molecule has 0 bridgehead atoms. The number of nitrogens with one attached hydrogen (secondary N) is 1. The number of alkyl halides is 3. The van der Waals surface area contributed by atoms with Gasteiger partial charge in [-0.1, -0.05) is 0 Å². The zero-order chi connectivity index (χ0) is 13.3. The van der Waals surface area contributed by atoms with Gasteiger partial charge in [0.25, 0.3) is 0 Å². The fourth-order valence-electron chi connectivity index (χ4n) is 0.870. The van der Waals surface area contributed by atoms with Crippen molar-refractivity contribution in [3.05, 3.63) is 29.5 Å². The van der Waals surface area contributed by atoms with Gasteiger partial charge in [-0.15, -0.1) is 0 Å². The Morgan fingerprint density at radius 1 is 1.24 bits per heavy atom. The summed E-state index contributed by atoms with van der Waals surface area (Å²) in [6.45, 7) is 0. The molecular weight excluding hydrogens is 265 g/mol. The van der Waals surface area contributed by atoms with E-state index in [0.29, 0.717) is 0 Å². The maximum atomic E-state index is 12.0. The van der Waals surface area contributed by atoms with Crippen LogP contribution in [0.5, 0.6) is 0 Å². The largest absolute Gasteiger partial charge is 0.733 e. The third-order valence-electron chi connectivity index (χ3n) is 1.65. The van der Waals surface area contributed by atoms with Gasteiger partial charge in [0.15, 0.2) is 0 Å². The number of hydrogen-bond acceptors (Lipinski definition) is 5. The molecule has 0 saturated heterocycles. The van der Waals surface area contributed by atoms with Gasteiger partial charge in [-0.25, -0.2) is 0 Å². The molecule has 0 saturated carbocycles. The second-order valence-electron chi connectivity index (χ2n) is 2.87. The molecule has 0 heterocycles. The van der Waals surface area contributed by atoms with E-state index in [2.05, 4.69) is 0 Å². The number of halogens is 3. The van der Waals surface area contributed by atoms with Crippen LogP contribution in [-0.2, 0) is 10.0 Å². The van der Waals surface area contributed by atoms with Crippen molar-refractivity contribution < 1.29 is 26.8 Å². The normalized spacial score (nSPS) is 12.3. The summed E-state index contributed by atoms with van der Waals surface area (Å²) in [5.41, 5.74) is -6.05. The van der Waals surface area contributed by atoms with Crippen molar-refractivity contribution in [1.82, 2.24) is 0 Å². The number of benzene rings is 1. The Bertz CT molecular complexity index is 483. The first-order valence-electron chi connectivity index (χ1n) is 3.99. The van der Waals surface area contributed by atoms with E-state index in [1.165, 1.54) is 4.72 Å². The first kappa shape index (κ1) is 13.5. The highest BCUT2D eigenvalue weighted by molar-refractivity contribution is 7.93. The molecule has 0 aliphatic rings. The molecule has 1 aromatic carbocycles. The first-order valence-corrected chi connectivity index (χ1v) is 5.47. The first-order chi connectivity index (χ1) is 7.63. The molecule has 17 heavy (non-hydrogen) atoms. The Hall–Kier alpha value is -1.52. The molecule has 1 rings (SSSR count). The van der Waals surface area contributed by atoms with Gasteiger partial charge in [0.1, 0.15) is 0 Å². The predicted octanol–water partition coefficient (Wildman–Crippen LogP) is 1.64. The molecule has 0 aliphatic heterocycles. The quantitative estimate of drug-likeness (QED) is 0.815. The third kappa shape index (κ3) is 3.22. The standard InChI is InChI=1S/C7H6F3N2O4S/c8-7(9,10)17(15,16)11-5-1-3-6(4-2-5)12(13)14/h1-4,11,13H/q-1. The van der Waals surface area contributed by atoms with E-state index in [4.69, 9.17) is 5.21 Å². The molecule has 0 aromatic heterocycles. The van der Waals surface area contributed by atoms with Crippen LogP contribution in [0.15, 0.2) is 24.3 Å². The van der Waals surface area contributed by atoms with Crippen molar-refractivity contribution in [2.24, 2.45) is 0 Å². The molecule has 0 aliphatic carbocycles. The minimum Gasteiger partial charge on any atom is -0.733 e. The lowest BCUT2D eigenvalue weighted by Gasteiger charge is -2.21. The second kappa shape index (κ2) is 4.39. The third-order valence-corrected chi connectivity index (χ3v) is 2.76. The zero-order valence-electron chi connectivity index (χ0n) is 7.97. The van der Waals surface area contributed by atoms with E-state index in [-0.39, 0.29) is 11.4 Å². The van der Waals surface area contributed by atoms with Crippen molar-refractivity contribution in [1.29, 1.82) is 0 Å². The van der Waals surface area contributed by atoms with Crippen molar-refractivity contribution >= 4 is 21.4 Å². The molecule has 0 amide bonds. The van der Waals surface area contributed by atoms with Gasteiger partial charge in [-0.3, -0.25) is 9.93 Å². The highest BCUT2D eigenvalue weighted by Crippen LogP contribution is 2.26. The van der Waals surface area contributed by atoms with Crippen LogP contribution in [0.2, 0.25) is 0 Å². The smallest absolute Gasteiger partial charge is 0.516 e. The predicted molar refractivity (Wildman–Crippen MR) is 52.7 cm³/mol. The van der Waals surface area contributed by atoms with Crippen LogP contribution in [0.4, 0.5) is 24.5 Å². The van der Waals surface area contributed by atoms with Gasteiger partial charge < -0.3 is 10.4 Å². The molecular formula is C7H6F3N2O4S-. The van der Waals surface area contributed by atoms with Crippen molar-refractivity contribution in [2.45, 2.75) is 5.51 Å². The number of nitrogens with zero attached hydrogens (tertiary/aromatic N) is 1. The monoisotopic (exact) mass is 271 g/mol. The fourth-order valence-corrected chi connectivity index (χ4v) is 1.43. The summed E-state index contributed by atoms with van der Waals surface area (Å²) in [6, 6.07) is 3.70. The molecule has 0 unspecified atom stereocenters. The van der Waals surface area contributed by atoms with Crippen LogP contribution >= 0.6 is 0 Å². The van der Waals surface area contributed by atoms with E-state index >= 15 is 0 Å². The molecule has 2 N–H and O–H groups in total. The Balaban J connectivity index is 2.91. The molecule has 0 spiro atoms. The molecule has 96 valence electrons. The Labute approximate surface area is 93.9 Å². The lowest BCUT2D eigenvalue weighted by Crippen LogP contribution is -2.29. The molecule has 0 radical (unpaired) electrons. The topological polar surface area (TPSA) is 92.7 Å². The fraction of sp³-hybridized carbons (Fsp3) is 0.143. The van der Waals surface area contributed by atoms with Gasteiger partial charge in [0, 0.05) is 5.69 Å². The van der Waals surface area contributed by atoms with Crippen LogP contribution in [0.25, 0.3) is 0 Å². The summed E-state index contributed by atoms with van der Waals surface area (Å²) in [6.07, 6.45) is 0. The average Bonchev–Trinajstić information content (AvgIpc) is 2.16. The maximum Gasteiger partial charge on any atom is 0.516 e. The molecule has 6 nitrogen and oxygen atoms in total.